The van der Waals surface area contributed by atoms with Crippen molar-refractivity contribution in [1.82, 2.24) is 4.57 Å². The molecule has 220 valence electrons. The Kier molecular flexibility index (Phi) is 9.43. The molecule has 3 aromatic carbocycles. The maximum Gasteiger partial charge on any atom is 0.338 e. The minimum atomic E-state index is -0.656. The third-order valence-corrected chi connectivity index (χ3v) is 8.47. The average Bonchev–Trinajstić information content (AvgIpc) is 3.31. The number of hydrogen-bond acceptors (Lipinski definition) is 7. The Balaban J connectivity index is 1.61. The van der Waals surface area contributed by atoms with Crippen LogP contribution in [0.3, 0.4) is 0 Å². The van der Waals surface area contributed by atoms with Crippen LogP contribution >= 0.6 is 27.3 Å². The molecular weight excluding hydrogens is 628 g/mol. The van der Waals surface area contributed by atoms with E-state index < -0.39 is 12.0 Å². The van der Waals surface area contributed by atoms with E-state index >= 15 is 0 Å². The van der Waals surface area contributed by atoms with Crippen LogP contribution in [0.2, 0.25) is 0 Å². The lowest BCUT2D eigenvalue weighted by molar-refractivity contribution is -0.136. The highest BCUT2D eigenvalue weighted by molar-refractivity contribution is 9.10. The zero-order valence-electron chi connectivity index (χ0n) is 24.1. The van der Waals surface area contributed by atoms with E-state index in [1.165, 1.54) is 18.4 Å². The van der Waals surface area contributed by atoms with Gasteiger partial charge in [0.15, 0.2) is 16.3 Å². The van der Waals surface area contributed by atoms with E-state index in [-0.39, 0.29) is 5.56 Å². The molecule has 1 aromatic heterocycles. The van der Waals surface area contributed by atoms with Crippen molar-refractivity contribution in [1.29, 1.82) is 0 Å². The monoisotopic (exact) mass is 658 g/mol. The van der Waals surface area contributed by atoms with Crippen molar-refractivity contribution in [2.75, 3.05) is 13.7 Å². The molecule has 7 nitrogen and oxygen atoms in total. The molecule has 0 bridgehead atoms. The van der Waals surface area contributed by atoms with Gasteiger partial charge in [0.05, 0.1) is 35.6 Å². The number of allylic oxidation sites excluding steroid dienone is 2. The van der Waals surface area contributed by atoms with Crippen LogP contribution in [0.5, 0.6) is 11.5 Å². The minimum absolute atomic E-state index is 0.245. The third-order valence-electron chi connectivity index (χ3n) is 6.95. The van der Waals surface area contributed by atoms with Crippen molar-refractivity contribution in [2.24, 2.45) is 4.99 Å². The molecule has 0 N–H and O–H groups in total. The van der Waals surface area contributed by atoms with Gasteiger partial charge in [-0.05, 0) is 67.3 Å². The summed E-state index contributed by atoms with van der Waals surface area (Å²) in [5.74, 6) is 0.716. The van der Waals surface area contributed by atoms with Crippen LogP contribution in [0.15, 0.2) is 105 Å². The summed E-state index contributed by atoms with van der Waals surface area (Å²) in [6.45, 7) is 8.43. The van der Waals surface area contributed by atoms with E-state index in [1.807, 2.05) is 85.8 Å². The summed E-state index contributed by atoms with van der Waals surface area (Å²) in [5.41, 5.74) is 4.11. The fourth-order valence-electron chi connectivity index (χ4n) is 5.03. The van der Waals surface area contributed by atoms with E-state index in [0.29, 0.717) is 51.7 Å². The minimum Gasteiger partial charge on any atom is -0.490 e. The van der Waals surface area contributed by atoms with E-state index in [9.17, 15) is 9.59 Å². The number of thiazole rings is 1. The van der Waals surface area contributed by atoms with Crippen molar-refractivity contribution in [2.45, 2.75) is 32.9 Å². The number of carbonyl (C=O) groups is 1. The van der Waals surface area contributed by atoms with Gasteiger partial charge in [0.2, 0.25) is 0 Å². The van der Waals surface area contributed by atoms with Crippen molar-refractivity contribution in [3.05, 3.63) is 137 Å². The van der Waals surface area contributed by atoms with Crippen LogP contribution < -0.4 is 24.4 Å². The zero-order chi connectivity index (χ0) is 30.5. The van der Waals surface area contributed by atoms with E-state index in [4.69, 9.17) is 14.2 Å². The number of rotatable bonds is 10. The topological polar surface area (TPSA) is 79.1 Å². The standard InChI is InChI=1S/C34H31BrN2O5S/c1-5-10-25-17-23(18-27(41-6-2)31(25)42-20-22-13-15-26(35)16-14-22)19-28-32(38)37-30(24-11-8-7-9-12-24)29(33(39)40-4)21(3)36-34(37)43-28/h5,7-9,11-19,30H,1,6,10,20H2,2-4H3. The molecule has 1 aliphatic heterocycles. The summed E-state index contributed by atoms with van der Waals surface area (Å²) in [6, 6.07) is 20.6. The highest BCUT2D eigenvalue weighted by Gasteiger charge is 2.33. The lowest BCUT2D eigenvalue weighted by atomic mass is 9.96. The van der Waals surface area contributed by atoms with Gasteiger partial charge in [0.1, 0.15) is 6.61 Å². The Bertz CT molecular complexity index is 1870. The van der Waals surface area contributed by atoms with Crippen molar-refractivity contribution in [3.8, 4) is 11.5 Å². The van der Waals surface area contributed by atoms with Gasteiger partial charge in [-0.2, -0.15) is 0 Å². The van der Waals surface area contributed by atoms with E-state index in [2.05, 4.69) is 27.5 Å². The van der Waals surface area contributed by atoms with Crippen LogP contribution in [0.1, 0.15) is 42.1 Å². The molecule has 0 saturated carbocycles. The molecule has 0 amide bonds. The van der Waals surface area contributed by atoms with Crippen LogP contribution in [-0.2, 0) is 22.6 Å². The van der Waals surface area contributed by atoms with E-state index in [0.717, 1.165) is 26.7 Å². The number of nitrogens with zero attached hydrogens (tertiary/aromatic N) is 2. The first-order valence-electron chi connectivity index (χ1n) is 13.8. The molecule has 9 heteroatoms. The van der Waals surface area contributed by atoms with Gasteiger partial charge < -0.3 is 14.2 Å². The molecule has 2 heterocycles. The first kappa shape index (κ1) is 30.3. The van der Waals surface area contributed by atoms with Gasteiger partial charge in [0.25, 0.3) is 5.56 Å². The van der Waals surface area contributed by atoms with Crippen LogP contribution in [0.25, 0.3) is 6.08 Å². The number of fused-ring (bicyclic) bond motifs is 1. The smallest absolute Gasteiger partial charge is 0.338 e. The molecule has 0 spiro atoms. The molecule has 5 rings (SSSR count). The summed E-state index contributed by atoms with van der Waals surface area (Å²) in [6.07, 6.45) is 4.19. The predicted octanol–water partition coefficient (Wildman–Crippen LogP) is 5.88. The molecule has 43 heavy (non-hydrogen) atoms. The molecular formula is C34H31BrN2O5S. The van der Waals surface area contributed by atoms with Gasteiger partial charge >= 0.3 is 5.97 Å². The molecule has 0 fully saturated rings. The maximum atomic E-state index is 14.0. The highest BCUT2D eigenvalue weighted by atomic mass is 79.9. The molecule has 4 aromatic rings. The van der Waals surface area contributed by atoms with Gasteiger partial charge in [-0.25, -0.2) is 9.79 Å². The Morgan fingerprint density at radius 2 is 1.86 bits per heavy atom. The summed E-state index contributed by atoms with van der Waals surface area (Å²) >= 11 is 4.75. The second-order valence-electron chi connectivity index (χ2n) is 9.83. The Morgan fingerprint density at radius 3 is 2.53 bits per heavy atom. The summed E-state index contributed by atoms with van der Waals surface area (Å²) in [4.78, 5) is 32.0. The molecule has 0 aliphatic carbocycles. The Labute approximate surface area is 262 Å². The molecule has 0 saturated heterocycles. The molecule has 1 unspecified atom stereocenters. The Hall–Kier alpha value is -4.21. The number of ether oxygens (including phenoxy) is 3. The second kappa shape index (κ2) is 13.4. The van der Waals surface area contributed by atoms with Crippen LogP contribution in [0, 0.1) is 0 Å². The molecule has 0 radical (unpaired) electrons. The largest absolute Gasteiger partial charge is 0.490 e. The lowest BCUT2D eigenvalue weighted by Gasteiger charge is -2.24. The number of carbonyl (C=O) groups excluding carboxylic acids is 1. The number of hydrogen-bond donors (Lipinski definition) is 0. The van der Waals surface area contributed by atoms with Crippen LogP contribution in [-0.4, -0.2) is 24.3 Å². The average molecular weight is 660 g/mol. The number of halogens is 1. The first-order chi connectivity index (χ1) is 20.8. The highest BCUT2D eigenvalue weighted by Crippen LogP contribution is 2.35. The van der Waals surface area contributed by atoms with Crippen LogP contribution in [0.4, 0.5) is 0 Å². The first-order valence-corrected chi connectivity index (χ1v) is 15.4. The second-order valence-corrected chi connectivity index (χ2v) is 11.8. The number of methoxy groups -OCH3 is 1. The predicted molar refractivity (Wildman–Crippen MR) is 172 cm³/mol. The Morgan fingerprint density at radius 1 is 1.12 bits per heavy atom. The summed E-state index contributed by atoms with van der Waals surface area (Å²) in [7, 11) is 1.33. The van der Waals surface area contributed by atoms with Crippen molar-refractivity contribution >= 4 is 39.3 Å². The normalized spacial score (nSPS) is 14.6. The summed E-state index contributed by atoms with van der Waals surface area (Å²) < 4.78 is 20.5. The summed E-state index contributed by atoms with van der Waals surface area (Å²) in [5, 5.41) is 0. The third kappa shape index (κ3) is 6.43. The number of benzene rings is 3. The van der Waals surface area contributed by atoms with Gasteiger partial charge in [-0.15, -0.1) is 6.58 Å². The maximum absolute atomic E-state index is 14.0. The quantitative estimate of drug-likeness (QED) is 0.157. The number of aromatic nitrogens is 1. The van der Waals surface area contributed by atoms with Crippen molar-refractivity contribution in [3.63, 3.8) is 0 Å². The zero-order valence-corrected chi connectivity index (χ0v) is 26.5. The van der Waals surface area contributed by atoms with Gasteiger partial charge in [0, 0.05) is 10.0 Å². The number of esters is 1. The lowest BCUT2D eigenvalue weighted by Crippen LogP contribution is -2.39. The van der Waals surface area contributed by atoms with E-state index in [1.54, 1.807) is 11.5 Å². The fourth-order valence-corrected chi connectivity index (χ4v) is 6.34. The van der Waals surface area contributed by atoms with Crippen molar-refractivity contribution < 1.29 is 19.0 Å². The SMILES string of the molecule is C=CCc1cc(C=c2sc3n(c2=O)C(c2ccccc2)C(C(=O)OC)=C(C)N=3)cc(OCC)c1OCc1ccc(Br)cc1. The molecule has 1 aliphatic rings. The molecule has 1 atom stereocenters. The van der Waals surface area contributed by atoms with Gasteiger partial charge in [-0.3, -0.25) is 9.36 Å². The van der Waals surface area contributed by atoms with Gasteiger partial charge in [-0.1, -0.05) is 75.8 Å². The fraction of sp³-hybridized carbons (Fsp3) is 0.206.